The van der Waals surface area contributed by atoms with E-state index >= 15 is 52.7 Å². The zero-order chi connectivity index (χ0) is 101. The minimum absolute atomic E-state index is 0.00538. The largest absolute Gasteiger partial charge is 0.391 e. The van der Waals surface area contributed by atoms with Crippen LogP contribution >= 0.6 is 64.8 Å². The smallest absolute Gasteiger partial charge is 0.245 e. The van der Waals surface area contributed by atoms with Gasteiger partial charge in [0, 0.05) is 67.1 Å². The van der Waals surface area contributed by atoms with Crippen molar-refractivity contribution in [2.24, 2.45) is 46.6 Å². The number of aliphatic hydroxyl groups excluding tert-OH is 1. The Labute approximate surface area is 812 Å². The molecule has 49 nitrogen and oxygen atoms in total. The summed E-state index contributed by atoms with van der Waals surface area (Å²) < 4.78 is 0. The van der Waals surface area contributed by atoms with Gasteiger partial charge in [-0.25, -0.2) is 0 Å². The number of amides is 18. The van der Waals surface area contributed by atoms with Gasteiger partial charge in [0.05, 0.1) is 19.2 Å². The zero-order valence-corrected chi connectivity index (χ0v) is 82.2. The third-order valence-corrected chi connectivity index (χ3v) is 28.7. The topological polar surface area (TPSA) is 792 Å². The summed E-state index contributed by atoms with van der Waals surface area (Å²) in [7, 11) is 4.98. The summed E-state index contributed by atoms with van der Waals surface area (Å²) in [4.78, 5) is 270. The van der Waals surface area contributed by atoms with E-state index in [0.29, 0.717) is 5.56 Å². The minimum Gasteiger partial charge on any atom is -0.391 e. The molecule has 4 aliphatic rings. The van der Waals surface area contributed by atoms with E-state index in [1.54, 1.807) is 71.9 Å². The third-order valence-electron chi connectivity index (χ3n) is 21.4. The number of hydrogen-bond acceptors (Lipinski definition) is 29. The predicted octanol–water partition coefficient (Wildman–Crippen LogP) is -7.75. The van der Waals surface area contributed by atoms with Crippen molar-refractivity contribution in [2.45, 2.75) is 236 Å². The van der Waals surface area contributed by atoms with Gasteiger partial charge in [0.2, 0.25) is 106 Å². The fourth-order valence-electron chi connectivity index (χ4n) is 13.7. The Balaban J connectivity index is 1.83. The summed E-state index contributed by atoms with van der Waals surface area (Å²) in [5.74, 6) is -26.1. The maximum absolute atomic E-state index is 15.6. The van der Waals surface area contributed by atoms with Crippen LogP contribution in [0.1, 0.15) is 132 Å². The van der Waals surface area contributed by atoms with E-state index in [1.807, 2.05) is 0 Å². The predicted molar refractivity (Wildman–Crippen MR) is 519 cm³/mol. The van der Waals surface area contributed by atoms with Gasteiger partial charge in [-0.1, -0.05) is 157 Å². The lowest BCUT2D eigenvalue weighted by atomic mass is 9.97. The fraction of sp³-hybridized carbons (Fsp3) is 0.654. The van der Waals surface area contributed by atoms with Crippen molar-refractivity contribution in [2.75, 3.05) is 73.8 Å². The first-order chi connectivity index (χ1) is 64.4. The number of rotatable bonds is 25. The van der Waals surface area contributed by atoms with Gasteiger partial charge in [-0.3, -0.25) is 108 Å². The molecule has 55 heteroatoms. The second-order valence-corrected chi connectivity index (χ2v) is 41.5. The molecule has 0 aliphatic carbocycles. The summed E-state index contributed by atoms with van der Waals surface area (Å²) in [6.07, 6.45) is -2.96. The van der Waals surface area contributed by atoms with Crippen molar-refractivity contribution in [3.8, 4) is 0 Å². The Kier molecular flexibility index (Phi) is 50.7. The van der Waals surface area contributed by atoms with Gasteiger partial charge in [0.1, 0.15) is 96.7 Å². The molecule has 0 aromatic heterocycles. The molecule has 35 N–H and O–H groups in total. The maximum atomic E-state index is 15.6. The average molecular weight is 2020 g/mol. The molecule has 6 bridgehead atoms. The lowest BCUT2D eigenvalue weighted by Crippen LogP contribution is -2.63. The summed E-state index contributed by atoms with van der Waals surface area (Å²) in [5, 5.41) is 100. The number of hydrogen-bond donors (Lipinski definition) is 31. The first-order valence-corrected chi connectivity index (χ1v) is 52.0. The van der Waals surface area contributed by atoms with Gasteiger partial charge < -0.3 is 145 Å². The van der Waals surface area contributed by atoms with Gasteiger partial charge in [-0.05, 0) is 93.9 Å². The van der Waals surface area contributed by atoms with E-state index < -0.39 is 304 Å². The van der Waals surface area contributed by atoms with Crippen LogP contribution in [0.5, 0.6) is 0 Å². The maximum Gasteiger partial charge on any atom is 0.245 e. The van der Waals surface area contributed by atoms with Gasteiger partial charge in [0.25, 0.3) is 0 Å². The van der Waals surface area contributed by atoms with Gasteiger partial charge >= 0.3 is 0 Å². The normalized spacial score (nSPS) is 26.6. The van der Waals surface area contributed by atoms with Crippen LogP contribution in [0.4, 0.5) is 0 Å². The summed E-state index contributed by atoms with van der Waals surface area (Å²) in [6.45, 7) is 12.2. The number of nitrogens with one attached hydrogen (secondary N) is 26. The second kappa shape index (κ2) is 59.7. The second-order valence-electron chi connectivity index (χ2n) is 33.8. The number of fused-ring (bicyclic) bond motifs is 15. The molecular formula is C81H134N30O19S6. The highest BCUT2D eigenvalue weighted by molar-refractivity contribution is 8.77. The van der Waals surface area contributed by atoms with Crippen LogP contribution < -0.4 is 140 Å². The Morgan fingerprint density at radius 2 is 0.610 bits per heavy atom. The fourth-order valence-corrected chi connectivity index (χ4v) is 20.7. The van der Waals surface area contributed by atoms with Crippen LogP contribution in [-0.2, 0) is 92.7 Å². The number of nitrogens with two attached hydrogens (primary N) is 4. The molecule has 136 heavy (non-hydrogen) atoms. The highest BCUT2D eigenvalue weighted by atomic mass is 33.1. The van der Waals surface area contributed by atoms with Crippen LogP contribution in [-0.4, -0.2) is 312 Å². The first-order valence-electron chi connectivity index (χ1n) is 44.5. The summed E-state index contributed by atoms with van der Waals surface area (Å²) >= 11 is 0. The Hall–Kier alpha value is -11.2. The molecule has 0 unspecified atom stereocenters. The molecule has 4 heterocycles. The van der Waals surface area contributed by atoms with E-state index in [4.69, 9.17) is 44.6 Å². The van der Waals surface area contributed by atoms with Crippen molar-refractivity contribution in [1.82, 2.24) is 117 Å². The molecule has 18 atom stereocenters. The Morgan fingerprint density at radius 3 is 0.956 bits per heavy atom. The number of benzene rings is 1. The minimum atomic E-state index is -1.92. The molecule has 4 fully saturated rings. The molecule has 1 aromatic rings. The molecule has 4 saturated heterocycles. The van der Waals surface area contributed by atoms with Crippen molar-refractivity contribution < 1.29 is 91.4 Å². The van der Waals surface area contributed by atoms with E-state index in [-0.39, 0.29) is 96.8 Å². The highest BCUT2D eigenvalue weighted by Crippen LogP contribution is 2.28. The number of guanidine groups is 4. The third kappa shape index (κ3) is 41.4. The standard InChI is InChI=1S/C81H134N30O19S6/c1-10-41(8)60-76(129)107-55-37-136-132-33-51(104-67(120)49(29-43-18-12-11-13-19-43)96-56(113)30-94-63(116)45(21-15-25-91-79(84)85)100-77(130)61(42(9)112)111-73(55)126)69(122)99-47(23-17-27-93-81(88)89)65(118)102-52-34-133-135-36-54(72(125)110-60)106-75(128)59(40(6)7)109-71(124)53-35-134-131-32-50(103-66(119)48(28-38(2)3)101-70(52)123)68(121)98-46(22-16-26-92-80(86)87)64(117)97-44(20-14-24-90-78(82)83)62(115)95-31-57(114)108-58(39(4)5)74(127)105-53/h11-13,18-19,38-42,44-55,58-61,112H,10,14-17,20-37H2,1-9H3,(H,94,116)(H,95,115)(H,96,113)(H,97,117)(H,98,121)(H,99,122)(H,100,130)(H,101,123)(H,102,118)(H,103,119)(H,104,120)(H,105,127)(H,106,128)(H,107,129)(H,108,114)(H,109,124)(H,110,125)(H,111,126)(H4,82,83,90)(H4,84,85,91)(H4,86,87,92)(H4,88,89,93)/t41-,42+,44-,45-,46-,47-,48-,49-,50-,51-,52-,53-,54-,55-,58-,59-,60-,61-/m0/s1. The van der Waals surface area contributed by atoms with Crippen LogP contribution in [0.2, 0.25) is 0 Å². The van der Waals surface area contributed by atoms with Crippen molar-refractivity contribution in [1.29, 1.82) is 21.6 Å². The van der Waals surface area contributed by atoms with Gasteiger partial charge in [-0.2, -0.15) is 0 Å². The van der Waals surface area contributed by atoms with Gasteiger partial charge in [0.15, 0.2) is 23.8 Å². The lowest BCUT2D eigenvalue weighted by molar-refractivity contribution is -0.137. The quantitative estimate of drug-likeness (QED) is 0.0187. The molecule has 1 aromatic carbocycles. The lowest BCUT2D eigenvalue weighted by Gasteiger charge is -2.31. The molecule has 0 radical (unpaired) electrons. The number of aliphatic hydroxyl groups is 1. The van der Waals surface area contributed by atoms with Crippen molar-refractivity contribution >= 4 is 195 Å². The summed E-state index contributed by atoms with van der Waals surface area (Å²) in [5.41, 5.74) is 22.8. The van der Waals surface area contributed by atoms with Crippen LogP contribution in [0.3, 0.4) is 0 Å². The van der Waals surface area contributed by atoms with Gasteiger partial charge in [-0.15, -0.1) is 0 Å². The molecule has 0 spiro atoms. The van der Waals surface area contributed by atoms with E-state index in [2.05, 4.69) is 117 Å². The van der Waals surface area contributed by atoms with Crippen LogP contribution in [0.25, 0.3) is 0 Å². The summed E-state index contributed by atoms with van der Waals surface area (Å²) in [6, 6.07) is -18.3. The zero-order valence-electron chi connectivity index (χ0n) is 77.3. The average Bonchev–Trinajstić information content (AvgIpc) is 0.844. The molecule has 0 saturated carbocycles. The number of carbonyl (C=O) groups is 18. The van der Waals surface area contributed by atoms with Crippen LogP contribution in [0, 0.1) is 45.3 Å². The Bertz CT molecular complexity index is 4340. The van der Waals surface area contributed by atoms with E-state index in [0.717, 1.165) is 71.7 Å². The Morgan fingerprint density at radius 1 is 0.338 bits per heavy atom. The van der Waals surface area contributed by atoms with Crippen molar-refractivity contribution in [3.63, 3.8) is 0 Å². The molecule has 4 aliphatic heterocycles. The van der Waals surface area contributed by atoms with Crippen molar-refractivity contribution in [3.05, 3.63) is 35.9 Å². The van der Waals surface area contributed by atoms with Crippen LogP contribution in [0.15, 0.2) is 30.3 Å². The van der Waals surface area contributed by atoms with E-state index in [1.165, 1.54) is 13.8 Å². The number of carbonyl (C=O) groups excluding carboxylic acids is 18. The SMILES string of the molecule is CC[C@H](C)[C@@H]1NC(=O)[C@@H]2CSSC[C@H](NC(=O)[C@H](CCCNC(=N)N)NC(=O)[C@@H]3CSSC[C@H](NC1=O)C(=O)N[C@@H]([C@@H](C)O)C(=O)N[C@@H](CCCNC(=N)N)C(=O)NCC(=O)N[C@@H](Cc1ccccc1)C(=O)N3)C(=O)N[C@@H](CC(C)C)C(=O)N[C@H]1CSSC[C@H](NC(=O)[C@H](C(C)C)NC(=O)CNC(=O)[C@H](CCCNC(=N)N)NC(=O)[C@H](CCCNC(=N)N)NC1=O)C(=O)N[C@@H](C(C)C)C(=O)N2. The van der Waals surface area contributed by atoms with E-state index in [9.17, 15) is 38.7 Å². The highest BCUT2D eigenvalue weighted by Gasteiger charge is 2.42. The monoisotopic (exact) mass is 2020 g/mol. The first kappa shape index (κ1) is 115. The molecular weight excluding hydrogens is 1890 g/mol. The molecule has 758 valence electrons. The molecule has 5 rings (SSSR count). The molecule has 18 amide bonds.